The number of fused-ring (bicyclic) bond motifs is 1. The fourth-order valence-corrected chi connectivity index (χ4v) is 3.70. The summed E-state index contributed by atoms with van der Waals surface area (Å²) in [4.78, 5) is 9.14. The molecule has 2 aliphatic rings. The Kier molecular flexibility index (Phi) is 4.36. The van der Waals surface area contributed by atoms with Gasteiger partial charge in [-0.3, -0.25) is 5.10 Å². The van der Waals surface area contributed by atoms with Gasteiger partial charge in [-0.1, -0.05) is 0 Å². The van der Waals surface area contributed by atoms with Crippen LogP contribution in [0.2, 0.25) is 0 Å². The topological polar surface area (TPSA) is 99.5 Å². The molecule has 0 radical (unpaired) electrons. The highest BCUT2D eigenvalue weighted by molar-refractivity contribution is 5.54. The summed E-state index contributed by atoms with van der Waals surface area (Å²) < 4.78 is 5.83. The van der Waals surface area contributed by atoms with E-state index in [-0.39, 0.29) is 12.0 Å². The van der Waals surface area contributed by atoms with E-state index >= 15 is 0 Å². The largest absolute Gasteiger partial charge is 0.370 e. The van der Waals surface area contributed by atoms with Crippen LogP contribution in [0.15, 0.2) is 6.07 Å². The third kappa shape index (κ3) is 3.22. The second-order valence-corrected chi connectivity index (χ2v) is 6.81. The van der Waals surface area contributed by atoms with Gasteiger partial charge < -0.3 is 10.1 Å². The molecular weight excluding hydrogens is 316 g/mol. The van der Waals surface area contributed by atoms with E-state index in [1.165, 1.54) is 18.4 Å². The van der Waals surface area contributed by atoms with E-state index in [2.05, 4.69) is 26.6 Å². The van der Waals surface area contributed by atoms with Crippen LogP contribution in [-0.2, 0) is 17.6 Å². The van der Waals surface area contributed by atoms with Crippen LogP contribution < -0.4 is 5.32 Å². The molecule has 3 heterocycles. The zero-order valence-electron chi connectivity index (χ0n) is 14.4. The third-order valence-corrected chi connectivity index (χ3v) is 5.04. The lowest BCUT2D eigenvalue weighted by atomic mass is 9.95. The van der Waals surface area contributed by atoms with E-state index < -0.39 is 0 Å². The van der Waals surface area contributed by atoms with Crippen LogP contribution in [0.1, 0.15) is 53.8 Å². The lowest BCUT2D eigenvalue weighted by Crippen LogP contribution is -2.20. The molecule has 2 atom stereocenters. The maximum Gasteiger partial charge on any atom is 0.179 e. The predicted octanol–water partition coefficient (Wildman–Crippen LogP) is 2.45. The van der Waals surface area contributed by atoms with Crippen LogP contribution >= 0.6 is 0 Å². The minimum atomic E-state index is -0.111. The number of aromatic amines is 1. The number of aryl methyl sites for hydroxylation is 3. The van der Waals surface area contributed by atoms with Crippen molar-refractivity contribution in [2.45, 2.75) is 45.1 Å². The number of hydrogen-bond acceptors (Lipinski definition) is 6. The average molecular weight is 338 g/mol. The van der Waals surface area contributed by atoms with Gasteiger partial charge in [0.15, 0.2) is 5.82 Å². The van der Waals surface area contributed by atoms with Gasteiger partial charge in [-0.05, 0) is 50.7 Å². The number of hydrogen-bond donors (Lipinski definition) is 2. The Morgan fingerprint density at radius 3 is 3.04 bits per heavy atom. The monoisotopic (exact) mass is 338 g/mol. The maximum absolute atomic E-state index is 9.47. The molecule has 7 nitrogen and oxygen atoms in total. The summed E-state index contributed by atoms with van der Waals surface area (Å²) in [5.74, 6) is 2.46. The van der Waals surface area contributed by atoms with Crippen molar-refractivity contribution in [2.24, 2.45) is 5.92 Å². The van der Waals surface area contributed by atoms with Gasteiger partial charge in [0.05, 0.1) is 5.56 Å². The van der Waals surface area contributed by atoms with E-state index in [0.29, 0.717) is 30.4 Å². The van der Waals surface area contributed by atoms with E-state index in [1.54, 1.807) is 0 Å². The Morgan fingerprint density at radius 1 is 1.36 bits per heavy atom. The number of nitrogens with one attached hydrogen (secondary N) is 2. The van der Waals surface area contributed by atoms with Crippen molar-refractivity contribution in [3.63, 3.8) is 0 Å². The Balaban J connectivity index is 1.50. The summed E-state index contributed by atoms with van der Waals surface area (Å²) in [6, 6.07) is 4.29. The van der Waals surface area contributed by atoms with Crippen molar-refractivity contribution >= 4 is 5.82 Å². The second-order valence-electron chi connectivity index (χ2n) is 6.81. The Bertz CT molecular complexity index is 808. The number of rotatable bonds is 4. The lowest BCUT2D eigenvalue weighted by molar-refractivity contribution is 0.0863. The van der Waals surface area contributed by atoms with Crippen LogP contribution in [0.3, 0.4) is 0 Å². The van der Waals surface area contributed by atoms with Gasteiger partial charge >= 0.3 is 0 Å². The van der Waals surface area contributed by atoms with Crippen molar-refractivity contribution in [1.29, 1.82) is 5.26 Å². The van der Waals surface area contributed by atoms with Gasteiger partial charge in [-0.2, -0.15) is 10.4 Å². The van der Waals surface area contributed by atoms with E-state index in [0.717, 1.165) is 30.8 Å². The molecule has 25 heavy (non-hydrogen) atoms. The number of H-pyrrole nitrogens is 1. The summed E-state index contributed by atoms with van der Waals surface area (Å²) in [6.07, 6.45) is 5.22. The Labute approximate surface area is 146 Å². The molecule has 1 fully saturated rings. The van der Waals surface area contributed by atoms with E-state index in [9.17, 15) is 5.26 Å². The van der Waals surface area contributed by atoms with E-state index in [4.69, 9.17) is 9.72 Å². The zero-order chi connectivity index (χ0) is 17.2. The molecule has 0 saturated carbocycles. The molecule has 4 rings (SSSR count). The first-order valence-electron chi connectivity index (χ1n) is 8.92. The molecule has 0 bridgehead atoms. The number of nitrogens with zero attached hydrogens (tertiary/aromatic N) is 4. The van der Waals surface area contributed by atoms with Gasteiger partial charge in [-0.25, -0.2) is 9.97 Å². The first kappa shape index (κ1) is 16.0. The molecule has 2 N–H and O–H groups in total. The van der Waals surface area contributed by atoms with E-state index in [1.807, 2.05) is 13.0 Å². The van der Waals surface area contributed by atoms with Crippen molar-refractivity contribution in [2.75, 3.05) is 18.5 Å². The normalized spacial score (nSPS) is 22.4. The standard InChI is InChI=1S/C18H22N6O/c1-11-21-18(24-23-11)16-13(6-7-25-16)10-20-17-14(9-19)8-12-4-2-3-5-15(12)22-17/h8,13,16H,2-7,10H2,1H3,(H,20,22)(H,21,23,24)/t13-,16-/m0/s1. The molecule has 2 aromatic rings. The highest BCUT2D eigenvalue weighted by atomic mass is 16.5. The highest BCUT2D eigenvalue weighted by Crippen LogP contribution is 2.33. The van der Waals surface area contributed by atoms with Crippen LogP contribution in [0, 0.1) is 24.2 Å². The molecule has 0 unspecified atom stereocenters. The Hall–Kier alpha value is -2.46. The van der Waals surface area contributed by atoms with Crippen LogP contribution in [-0.4, -0.2) is 33.3 Å². The van der Waals surface area contributed by atoms with Gasteiger partial charge in [-0.15, -0.1) is 0 Å². The quantitative estimate of drug-likeness (QED) is 0.888. The summed E-state index contributed by atoms with van der Waals surface area (Å²) in [6.45, 7) is 3.28. The van der Waals surface area contributed by atoms with Gasteiger partial charge in [0.25, 0.3) is 0 Å². The summed E-state index contributed by atoms with van der Waals surface area (Å²) in [7, 11) is 0. The molecule has 1 aliphatic carbocycles. The smallest absolute Gasteiger partial charge is 0.179 e. The number of aromatic nitrogens is 4. The highest BCUT2D eigenvalue weighted by Gasteiger charge is 2.32. The first-order chi connectivity index (χ1) is 12.2. The Morgan fingerprint density at radius 2 is 2.24 bits per heavy atom. The molecule has 7 heteroatoms. The van der Waals surface area contributed by atoms with Crippen molar-refractivity contribution in [3.05, 3.63) is 34.5 Å². The third-order valence-electron chi connectivity index (χ3n) is 5.04. The van der Waals surface area contributed by atoms with Crippen LogP contribution in [0.25, 0.3) is 0 Å². The molecule has 0 spiro atoms. The van der Waals surface area contributed by atoms with Crippen molar-refractivity contribution < 1.29 is 4.74 Å². The summed E-state index contributed by atoms with van der Waals surface area (Å²) in [5, 5.41) is 20.0. The average Bonchev–Trinajstić information content (AvgIpc) is 3.27. The minimum Gasteiger partial charge on any atom is -0.370 e. The fraction of sp³-hybridized carbons (Fsp3) is 0.556. The zero-order valence-corrected chi connectivity index (χ0v) is 14.4. The lowest BCUT2D eigenvalue weighted by Gasteiger charge is -2.20. The van der Waals surface area contributed by atoms with Gasteiger partial charge in [0.2, 0.25) is 0 Å². The summed E-state index contributed by atoms with van der Waals surface area (Å²) >= 11 is 0. The van der Waals surface area contributed by atoms with Crippen LogP contribution in [0.4, 0.5) is 5.82 Å². The number of pyridine rings is 1. The predicted molar refractivity (Wildman–Crippen MR) is 92.0 cm³/mol. The maximum atomic E-state index is 9.47. The molecule has 0 amide bonds. The SMILES string of the molecule is Cc1nc([C@H]2OCC[C@H]2CNc2nc3c(cc2C#N)CCCC3)n[nH]1. The minimum absolute atomic E-state index is 0.111. The number of ether oxygens (including phenoxy) is 1. The van der Waals surface area contributed by atoms with Gasteiger partial charge in [0.1, 0.15) is 23.8 Å². The molecule has 1 saturated heterocycles. The fourth-order valence-electron chi connectivity index (χ4n) is 3.70. The number of anilines is 1. The van der Waals surface area contributed by atoms with Gasteiger partial charge in [0, 0.05) is 24.8 Å². The molecule has 130 valence electrons. The van der Waals surface area contributed by atoms with Crippen molar-refractivity contribution in [3.8, 4) is 6.07 Å². The molecule has 1 aliphatic heterocycles. The molecular formula is C18H22N6O. The number of nitriles is 1. The summed E-state index contributed by atoms with van der Waals surface area (Å²) in [5.41, 5.74) is 2.99. The molecule has 0 aromatic carbocycles. The van der Waals surface area contributed by atoms with Crippen LogP contribution in [0.5, 0.6) is 0 Å². The first-order valence-corrected chi connectivity index (χ1v) is 8.92. The second kappa shape index (κ2) is 6.81. The van der Waals surface area contributed by atoms with Crippen molar-refractivity contribution in [1.82, 2.24) is 20.2 Å². The molecule has 2 aromatic heterocycles.